The molecule has 0 fully saturated rings. The highest BCUT2D eigenvalue weighted by atomic mass is 16.3. The molecule has 2 aromatic carbocycles. The zero-order valence-corrected chi connectivity index (χ0v) is 10.2. The third-order valence-electron chi connectivity index (χ3n) is 3.24. The number of hydrogen-bond acceptors (Lipinski definition) is 2. The minimum Gasteiger partial charge on any atom is -0.392 e. The lowest BCUT2D eigenvalue weighted by atomic mass is 10.1. The predicted octanol–water partition coefficient (Wildman–Crippen LogP) is 2.99. The monoisotopic (exact) mass is 248 g/mol. The van der Waals surface area contributed by atoms with Gasteiger partial charge in [-0.3, -0.25) is 0 Å². The number of nitrogens with zero attached hydrogens (tertiary/aromatic N) is 2. The summed E-state index contributed by atoms with van der Waals surface area (Å²) in [6, 6.07) is 19.5. The summed E-state index contributed by atoms with van der Waals surface area (Å²) in [6.45, 7) is -0.0268. The molecule has 3 aromatic rings. The molecule has 19 heavy (non-hydrogen) atoms. The van der Waals surface area contributed by atoms with E-state index in [1.807, 2.05) is 59.2 Å². The van der Waals surface area contributed by atoms with Gasteiger partial charge in [0.05, 0.1) is 12.1 Å². The van der Waals surface area contributed by atoms with Crippen LogP contribution in [0.4, 0.5) is 0 Å². The van der Waals surface area contributed by atoms with Crippen molar-refractivity contribution >= 4 is 10.9 Å². The number of aliphatic hydroxyl groups excluding tert-OH is 1. The van der Waals surface area contributed by atoms with Crippen LogP contribution in [0.15, 0.2) is 54.6 Å². The summed E-state index contributed by atoms with van der Waals surface area (Å²) in [4.78, 5) is 0. The van der Waals surface area contributed by atoms with Crippen molar-refractivity contribution in [2.75, 3.05) is 0 Å². The van der Waals surface area contributed by atoms with Gasteiger partial charge < -0.3 is 9.67 Å². The number of rotatable bonds is 2. The third-order valence-corrected chi connectivity index (χ3v) is 3.24. The maximum absolute atomic E-state index is 9.39. The molecule has 1 heterocycles. The molecule has 92 valence electrons. The van der Waals surface area contributed by atoms with Gasteiger partial charge in [-0.05, 0) is 29.8 Å². The zero-order chi connectivity index (χ0) is 13.2. The molecule has 0 aliphatic rings. The molecule has 3 heteroatoms. The van der Waals surface area contributed by atoms with E-state index in [0.29, 0.717) is 5.69 Å². The van der Waals surface area contributed by atoms with Gasteiger partial charge in [0.15, 0.2) is 0 Å². The van der Waals surface area contributed by atoms with Gasteiger partial charge in [0.25, 0.3) is 0 Å². The van der Waals surface area contributed by atoms with E-state index in [9.17, 15) is 10.4 Å². The lowest BCUT2D eigenvalue weighted by Crippen LogP contribution is -1.96. The zero-order valence-electron chi connectivity index (χ0n) is 10.2. The van der Waals surface area contributed by atoms with Crippen LogP contribution in [0.2, 0.25) is 0 Å². The fraction of sp³-hybridized carbons (Fsp3) is 0.0625. The van der Waals surface area contributed by atoms with Crippen LogP contribution in [0.25, 0.3) is 16.6 Å². The number of nitriles is 1. The van der Waals surface area contributed by atoms with Crippen LogP contribution in [0.5, 0.6) is 0 Å². The topological polar surface area (TPSA) is 48.9 Å². The van der Waals surface area contributed by atoms with Crippen molar-refractivity contribution in [2.24, 2.45) is 0 Å². The second-order valence-electron chi connectivity index (χ2n) is 4.32. The molecule has 0 saturated heterocycles. The molecule has 0 atom stereocenters. The van der Waals surface area contributed by atoms with Crippen LogP contribution in [0, 0.1) is 11.3 Å². The number of fused-ring (bicyclic) bond motifs is 1. The van der Waals surface area contributed by atoms with Crippen molar-refractivity contribution in [3.8, 4) is 11.8 Å². The number of benzene rings is 2. The average molecular weight is 248 g/mol. The average Bonchev–Trinajstić information content (AvgIpc) is 2.86. The van der Waals surface area contributed by atoms with Crippen LogP contribution in [-0.4, -0.2) is 9.67 Å². The van der Waals surface area contributed by atoms with Crippen molar-refractivity contribution in [1.29, 1.82) is 5.26 Å². The summed E-state index contributed by atoms with van der Waals surface area (Å²) < 4.78 is 1.91. The van der Waals surface area contributed by atoms with Crippen molar-refractivity contribution < 1.29 is 5.11 Å². The van der Waals surface area contributed by atoms with E-state index < -0.39 is 0 Å². The molecule has 0 amide bonds. The number of hydrogen-bond donors (Lipinski definition) is 1. The fourth-order valence-corrected chi connectivity index (χ4v) is 2.37. The van der Waals surface area contributed by atoms with Gasteiger partial charge in [0.1, 0.15) is 11.8 Å². The summed E-state index contributed by atoms with van der Waals surface area (Å²) >= 11 is 0. The first-order chi connectivity index (χ1) is 9.35. The van der Waals surface area contributed by atoms with Crippen LogP contribution in [0.1, 0.15) is 11.3 Å². The van der Waals surface area contributed by atoms with E-state index in [1.165, 1.54) is 0 Å². The van der Waals surface area contributed by atoms with Gasteiger partial charge in [-0.15, -0.1) is 0 Å². The molecule has 0 aliphatic carbocycles. The number of para-hydroxylation sites is 1. The molecule has 3 rings (SSSR count). The summed E-state index contributed by atoms with van der Waals surface area (Å²) in [5, 5.41) is 19.6. The Bertz CT molecular complexity index is 767. The Balaban J connectivity index is 2.39. The van der Waals surface area contributed by atoms with Crippen LogP contribution >= 0.6 is 0 Å². The van der Waals surface area contributed by atoms with E-state index in [-0.39, 0.29) is 6.61 Å². The maximum atomic E-state index is 9.39. The lowest BCUT2D eigenvalue weighted by Gasteiger charge is -2.07. The first-order valence-electron chi connectivity index (χ1n) is 6.05. The molecule has 0 aliphatic heterocycles. The molecule has 3 nitrogen and oxygen atoms in total. The molecule has 0 saturated carbocycles. The summed E-state index contributed by atoms with van der Waals surface area (Å²) in [5.74, 6) is 0. The molecule has 1 aromatic heterocycles. The second kappa shape index (κ2) is 4.60. The SMILES string of the molecule is N#Cc1cc2c(CO)cccc2n1-c1ccccc1. The smallest absolute Gasteiger partial charge is 0.125 e. The number of aliphatic hydroxyl groups is 1. The largest absolute Gasteiger partial charge is 0.392 e. The van der Waals surface area contributed by atoms with Crippen molar-refractivity contribution in [2.45, 2.75) is 6.61 Å². The van der Waals surface area contributed by atoms with Gasteiger partial charge in [0, 0.05) is 11.1 Å². The number of aromatic nitrogens is 1. The van der Waals surface area contributed by atoms with Gasteiger partial charge in [-0.2, -0.15) is 5.26 Å². The summed E-state index contributed by atoms with van der Waals surface area (Å²) in [5.41, 5.74) is 3.30. The minimum absolute atomic E-state index is 0.0268. The Morgan fingerprint density at radius 1 is 1.05 bits per heavy atom. The van der Waals surface area contributed by atoms with Crippen molar-refractivity contribution in [1.82, 2.24) is 4.57 Å². The predicted molar refractivity (Wildman–Crippen MR) is 73.9 cm³/mol. The Labute approximate surface area is 111 Å². The third kappa shape index (κ3) is 1.79. The van der Waals surface area contributed by atoms with Gasteiger partial charge >= 0.3 is 0 Å². The van der Waals surface area contributed by atoms with E-state index in [0.717, 1.165) is 22.2 Å². The van der Waals surface area contributed by atoms with E-state index in [4.69, 9.17) is 0 Å². The highest BCUT2D eigenvalue weighted by Crippen LogP contribution is 2.26. The second-order valence-corrected chi connectivity index (χ2v) is 4.32. The summed E-state index contributed by atoms with van der Waals surface area (Å²) in [6.07, 6.45) is 0. The van der Waals surface area contributed by atoms with Crippen LogP contribution in [0.3, 0.4) is 0 Å². The lowest BCUT2D eigenvalue weighted by molar-refractivity contribution is 0.283. The Kier molecular flexibility index (Phi) is 2.79. The van der Waals surface area contributed by atoms with Crippen molar-refractivity contribution in [3.63, 3.8) is 0 Å². The van der Waals surface area contributed by atoms with Crippen LogP contribution < -0.4 is 0 Å². The highest BCUT2D eigenvalue weighted by Gasteiger charge is 2.12. The summed E-state index contributed by atoms with van der Waals surface area (Å²) in [7, 11) is 0. The Morgan fingerprint density at radius 2 is 1.84 bits per heavy atom. The standard InChI is InChI=1S/C16H12N2O/c17-10-14-9-15-12(11-19)5-4-8-16(15)18(14)13-6-2-1-3-7-13/h1-9,19H,11H2. The Hall–Kier alpha value is -2.57. The molecule has 1 N–H and O–H groups in total. The van der Waals surface area contributed by atoms with Gasteiger partial charge in [-0.25, -0.2) is 0 Å². The Morgan fingerprint density at radius 3 is 2.53 bits per heavy atom. The van der Waals surface area contributed by atoms with E-state index in [1.54, 1.807) is 0 Å². The molecular weight excluding hydrogens is 236 g/mol. The fourth-order valence-electron chi connectivity index (χ4n) is 2.37. The molecule has 0 bridgehead atoms. The molecule has 0 radical (unpaired) electrons. The first kappa shape index (κ1) is 11.5. The van der Waals surface area contributed by atoms with Gasteiger partial charge in [0.2, 0.25) is 0 Å². The quantitative estimate of drug-likeness (QED) is 0.758. The normalized spacial score (nSPS) is 10.5. The van der Waals surface area contributed by atoms with Crippen molar-refractivity contribution in [3.05, 3.63) is 65.9 Å². The van der Waals surface area contributed by atoms with Crippen LogP contribution in [-0.2, 0) is 6.61 Å². The first-order valence-corrected chi connectivity index (χ1v) is 6.05. The van der Waals surface area contributed by atoms with E-state index >= 15 is 0 Å². The van der Waals surface area contributed by atoms with Gasteiger partial charge in [-0.1, -0.05) is 30.3 Å². The van der Waals surface area contributed by atoms with E-state index in [2.05, 4.69) is 6.07 Å². The maximum Gasteiger partial charge on any atom is 0.125 e. The molecular formula is C16H12N2O. The molecule has 0 unspecified atom stereocenters. The highest BCUT2D eigenvalue weighted by molar-refractivity contribution is 5.87. The minimum atomic E-state index is -0.0268. The molecule has 0 spiro atoms.